The van der Waals surface area contributed by atoms with Crippen molar-refractivity contribution in [1.29, 1.82) is 0 Å². The minimum atomic E-state index is -0.722. The van der Waals surface area contributed by atoms with E-state index in [0.717, 1.165) is 114 Å². The molecule has 10 atom stereocenters. The van der Waals surface area contributed by atoms with Gasteiger partial charge in [-0.1, -0.05) is 109 Å². The van der Waals surface area contributed by atoms with Gasteiger partial charge in [-0.2, -0.15) is 0 Å². The summed E-state index contributed by atoms with van der Waals surface area (Å²) in [5.41, 5.74) is -2.25. The number of carbonyl (C=O) groups excluding carboxylic acids is 7. The zero-order valence-corrected chi connectivity index (χ0v) is 66.7. The number of carboxylic acids is 2. The minimum Gasteiger partial charge on any atom is -0.481 e. The number of esters is 7. The molecule has 0 aromatic carbocycles. The molecule has 0 aromatic rings. The maximum atomic E-state index is 12.2. The Labute approximate surface area is 599 Å². The molecule has 6 rings (SSSR count). The van der Waals surface area contributed by atoms with Crippen molar-refractivity contribution < 1.29 is 96.0 Å². The first-order valence-electron chi connectivity index (χ1n) is 38.0. The summed E-state index contributed by atoms with van der Waals surface area (Å²) in [4.78, 5) is 101. The van der Waals surface area contributed by atoms with E-state index in [0.29, 0.717) is 58.2 Å². The van der Waals surface area contributed by atoms with Crippen LogP contribution in [0.25, 0.3) is 0 Å². The quantitative estimate of drug-likeness (QED) is 0.0418. The van der Waals surface area contributed by atoms with E-state index in [1.54, 1.807) is 41.7 Å². The molecule has 580 valence electrons. The van der Waals surface area contributed by atoms with Crippen LogP contribution in [0.4, 0.5) is 0 Å². The second-order valence-corrected chi connectivity index (χ2v) is 31.1. The first-order chi connectivity index (χ1) is 46.1. The first kappa shape index (κ1) is 96.2. The number of rotatable bonds is 28. The van der Waals surface area contributed by atoms with Gasteiger partial charge in [-0.3, -0.25) is 38.4 Å². The van der Waals surface area contributed by atoms with Crippen LogP contribution in [0.15, 0.2) is 0 Å². The second kappa shape index (κ2) is 48.9. The number of ether oxygens (including phenoxy) is 9. The molecule has 20 nitrogen and oxygen atoms in total. The molecule has 0 radical (unpaired) electrons. The number of unbranched alkanes of at least 4 members (excludes halogenated alkanes) is 1. The van der Waals surface area contributed by atoms with Crippen molar-refractivity contribution in [3.8, 4) is 0 Å². The highest BCUT2D eigenvalue weighted by atomic mass is 16.6. The van der Waals surface area contributed by atoms with Gasteiger partial charge in [-0.15, -0.1) is 0 Å². The molecular weight excluding hydrogens is 1270 g/mol. The van der Waals surface area contributed by atoms with Crippen molar-refractivity contribution in [3.63, 3.8) is 0 Å². The Morgan fingerprint density at radius 2 is 0.990 bits per heavy atom. The first-order valence-corrected chi connectivity index (χ1v) is 38.0. The molecule has 0 amide bonds. The van der Waals surface area contributed by atoms with Crippen LogP contribution in [0.2, 0.25) is 0 Å². The zero-order chi connectivity index (χ0) is 76.5. The van der Waals surface area contributed by atoms with Crippen molar-refractivity contribution in [3.05, 3.63) is 0 Å². The number of carbonyl (C=O) groups is 9. The van der Waals surface area contributed by atoms with Crippen LogP contribution in [0, 0.1) is 68.5 Å². The van der Waals surface area contributed by atoms with Crippen LogP contribution in [-0.4, -0.2) is 135 Å². The fraction of sp³-hybridized carbons (Fsp3) is 0.886. The lowest BCUT2D eigenvalue weighted by Crippen LogP contribution is -2.38. The molecule has 0 spiro atoms. The van der Waals surface area contributed by atoms with E-state index in [4.69, 9.17) is 48.1 Å². The lowest BCUT2D eigenvalue weighted by Gasteiger charge is -2.36. The lowest BCUT2D eigenvalue weighted by molar-refractivity contribution is -0.168. The van der Waals surface area contributed by atoms with E-state index in [9.17, 15) is 43.2 Å². The highest BCUT2D eigenvalue weighted by molar-refractivity contribution is 5.81. The summed E-state index contributed by atoms with van der Waals surface area (Å²) in [5.74, 6) is 0.912. The molecule has 10 unspecified atom stereocenters. The fourth-order valence-electron chi connectivity index (χ4n) is 10.6. The van der Waals surface area contributed by atoms with Gasteiger partial charge in [0.2, 0.25) is 6.10 Å². The van der Waals surface area contributed by atoms with Gasteiger partial charge in [-0.25, -0.2) is 4.79 Å². The summed E-state index contributed by atoms with van der Waals surface area (Å²) in [7, 11) is 1.58. The number of hydrogen-bond donors (Lipinski definition) is 2. The summed E-state index contributed by atoms with van der Waals surface area (Å²) in [6.07, 6.45) is 24.1. The normalized spacial score (nSPS) is 21.9. The van der Waals surface area contributed by atoms with Gasteiger partial charge in [0.25, 0.3) is 0 Å². The van der Waals surface area contributed by atoms with Gasteiger partial charge in [0.05, 0.1) is 70.8 Å². The van der Waals surface area contributed by atoms with E-state index in [-0.39, 0.29) is 87.6 Å². The maximum Gasteiger partial charge on any atom is 0.347 e. The summed E-state index contributed by atoms with van der Waals surface area (Å²) >= 11 is 0. The third-order valence-corrected chi connectivity index (χ3v) is 21.5. The Morgan fingerprint density at radius 1 is 0.505 bits per heavy atom. The van der Waals surface area contributed by atoms with Gasteiger partial charge < -0.3 is 52.8 Å². The van der Waals surface area contributed by atoms with E-state index in [1.807, 2.05) is 104 Å². The van der Waals surface area contributed by atoms with Crippen LogP contribution in [0.5, 0.6) is 0 Å². The summed E-state index contributed by atoms with van der Waals surface area (Å²) in [6, 6.07) is 0. The van der Waals surface area contributed by atoms with Crippen LogP contribution < -0.4 is 0 Å². The molecule has 2 aliphatic heterocycles. The monoisotopic (exact) mass is 1410 g/mol. The van der Waals surface area contributed by atoms with Crippen LogP contribution in [0.1, 0.15) is 313 Å². The van der Waals surface area contributed by atoms with Gasteiger partial charge in [-0.05, 0) is 221 Å². The van der Waals surface area contributed by atoms with E-state index < -0.39 is 34.8 Å². The van der Waals surface area contributed by atoms with Gasteiger partial charge in [0, 0.05) is 20.1 Å². The van der Waals surface area contributed by atoms with Crippen molar-refractivity contribution in [1.82, 2.24) is 0 Å². The third kappa shape index (κ3) is 36.2. The van der Waals surface area contributed by atoms with Gasteiger partial charge in [0.15, 0.2) is 0 Å². The number of carboxylic acid groups (broad SMARTS) is 2. The summed E-state index contributed by atoms with van der Waals surface area (Å²) in [5, 5.41) is 16.9. The Morgan fingerprint density at radius 3 is 1.41 bits per heavy atom. The van der Waals surface area contributed by atoms with E-state index in [1.165, 1.54) is 44.9 Å². The number of aliphatic carboxylic acids is 2. The SMILES string of the molecule is CCC(C)(C)C(=O)O.CCC(C)(C)C(=O)O.CCC(C)(C)C(=O)OC1CC2CC1C1CCCC21.CCC(C)(C)C(=O)OCC1CCCO1.CCC(C)(C)C(=O)OCCOC.CCC(C)C(=O)OC1(CC)CCCCC1.CCC(C)C(=O)OC1CCOC1=O.CCCCOC(=O)C(C)CC. The maximum absolute atomic E-state index is 12.2. The molecule has 20 heteroatoms. The van der Waals surface area contributed by atoms with E-state index >= 15 is 0 Å². The molecule has 2 N–H and O–H groups in total. The molecule has 2 heterocycles. The van der Waals surface area contributed by atoms with E-state index in [2.05, 4.69) is 25.5 Å². The molecule has 4 saturated carbocycles. The van der Waals surface area contributed by atoms with Crippen molar-refractivity contribution >= 4 is 53.7 Å². The minimum absolute atomic E-state index is 0.00116. The standard InChI is InChI=1S/C16H26O2.C13H24O2.C11H20O3.C9H14O4.C9H18O3.C9H18O2.2C6H12O2/c1-4-16(2,3)15(17)18-14-9-10-8-13(14)12-7-5-6-11(10)12;1-4-11(3)12(14)15-13(5-2)9-7-6-8-10-13;1-4-11(2,3)10(12)14-8-9-6-5-7-13-9;1-3-6(2)8(10)13-7-4-5-12-9(7)11;1-5-9(2,3)8(10)12-7-6-11-4;1-4-6-7-11-9(10)8(3)5-2;2*1-4-6(2,3)5(7)8/h10-14H,4-9H2,1-3H3;11H,4-10H2,1-3H3;9H,4-8H2,1-3H3;6-7H,3-5H2,1-2H3;5-7H2,1-4H3;8H,4-7H2,1-3H3;2*4H2,1-3H3,(H,7,8). The third-order valence-electron chi connectivity index (χ3n) is 21.5. The van der Waals surface area contributed by atoms with Crippen molar-refractivity contribution in [2.75, 3.05) is 46.8 Å². The smallest absolute Gasteiger partial charge is 0.347 e. The summed E-state index contributed by atoms with van der Waals surface area (Å²) in [6.45, 7) is 47.0. The predicted molar refractivity (Wildman–Crippen MR) is 387 cm³/mol. The number of cyclic esters (lactones) is 1. The van der Waals surface area contributed by atoms with Gasteiger partial charge in [0.1, 0.15) is 24.9 Å². The highest BCUT2D eigenvalue weighted by Gasteiger charge is 2.55. The Bertz CT molecular complexity index is 2300. The average Bonchev–Trinajstić information content (AvgIpc) is 1.60. The fourth-order valence-corrected chi connectivity index (χ4v) is 10.6. The predicted octanol–water partition coefficient (Wildman–Crippen LogP) is 17.5. The largest absolute Gasteiger partial charge is 0.481 e. The topological polar surface area (TPSA) is 277 Å². The Hall–Kier alpha value is -4.85. The van der Waals surface area contributed by atoms with Crippen LogP contribution in [0.3, 0.4) is 0 Å². The molecule has 0 aromatic heterocycles. The molecule has 4 aliphatic carbocycles. The molecule has 6 aliphatic rings. The average molecular weight is 1410 g/mol. The zero-order valence-electron chi connectivity index (χ0n) is 66.7. The molecule has 99 heavy (non-hydrogen) atoms. The van der Waals surface area contributed by atoms with Crippen LogP contribution in [-0.2, 0) is 85.8 Å². The molecule has 2 bridgehead atoms. The molecular formula is C79H144O20. The number of fused-ring (bicyclic) bond motifs is 5. The second-order valence-electron chi connectivity index (χ2n) is 31.1. The molecule has 6 fully saturated rings. The Balaban J connectivity index is 0. The highest BCUT2D eigenvalue weighted by Crippen LogP contribution is 2.59. The number of hydrogen-bond acceptors (Lipinski definition) is 18. The van der Waals surface area contributed by atoms with Crippen molar-refractivity contribution in [2.24, 2.45) is 68.5 Å². The number of methoxy groups -OCH3 is 1. The van der Waals surface area contributed by atoms with Gasteiger partial charge >= 0.3 is 53.7 Å². The van der Waals surface area contributed by atoms with Crippen molar-refractivity contribution in [2.45, 2.75) is 337 Å². The summed E-state index contributed by atoms with van der Waals surface area (Å²) < 4.78 is 46.6. The van der Waals surface area contributed by atoms with Crippen LogP contribution >= 0.6 is 0 Å². The molecule has 2 saturated heterocycles. The lowest BCUT2D eigenvalue weighted by atomic mass is 9.80. The Kier molecular flexibility index (Phi) is 47.5.